The molecule has 2 N–H and O–H groups in total. The highest BCUT2D eigenvalue weighted by Crippen LogP contribution is 2.42. The Morgan fingerprint density at radius 2 is 1.32 bits per heavy atom. The lowest BCUT2D eigenvalue weighted by Crippen LogP contribution is -1.96. The maximum absolute atomic E-state index is 6.25. The van der Waals surface area contributed by atoms with E-state index in [1.807, 2.05) is 29.5 Å². The maximum atomic E-state index is 6.25. The lowest BCUT2D eigenvalue weighted by Gasteiger charge is -2.08. The zero-order valence-electron chi connectivity index (χ0n) is 22.1. The molecule has 0 atom stereocenters. The lowest BCUT2D eigenvalue weighted by atomic mass is 9.96. The molecule has 0 saturated carbocycles. The smallest absolute Gasteiger partial charge is 0.136 e. The fraction of sp³-hybridized carbons (Fsp3) is 0.0270. The second-order valence-electron chi connectivity index (χ2n) is 10.6. The summed E-state index contributed by atoms with van der Waals surface area (Å²) in [5.74, 6) is 0. The summed E-state index contributed by atoms with van der Waals surface area (Å²) in [6.07, 6.45) is 0. The molecule has 0 aliphatic rings. The molecule has 3 aromatic heterocycles. The van der Waals surface area contributed by atoms with Gasteiger partial charge in [0.15, 0.2) is 0 Å². The van der Waals surface area contributed by atoms with Crippen LogP contribution in [0.2, 0.25) is 0 Å². The van der Waals surface area contributed by atoms with Crippen molar-refractivity contribution in [1.82, 2.24) is 4.57 Å². The summed E-state index contributed by atoms with van der Waals surface area (Å²) in [6.45, 7) is 0.476. The van der Waals surface area contributed by atoms with Crippen molar-refractivity contribution in [2.45, 2.75) is 6.54 Å². The SMILES string of the molecule is NCc1cccc2oc3cccc(-c4ccc5c(c4)sc4ccc(-n6c7ccccc7c7ccccc76)cc45)c3c12. The number of nitrogens with zero attached hydrogens (tertiary/aromatic N) is 1. The molecular weight excluding hydrogens is 520 g/mol. The average Bonchev–Trinajstić information content (AvgIpc) is 3.69. The van der Waals surface area contributed by atoms with Gasteiger partial charge in [0.25, 0.3) is 0 Å². The molecule has 6 aromatic carbocycles. The van der Waals surface area contributed by atoms with Crippen LogP contribution in [0.15, 0.2) is 126 Å². The van der Waals surface area contributed by atoms with Crippen LogP contribution >= 0.6 is 11.3 Å². The average molecular weight is 545 g/mol. The van der Waals surface area contributed by atoms with E-state index in [0.717, 1.165) is 27.5 Å². The van der Waals surface area contributed by atoms with E-state index in [0.29, 0.717) is 6.54 Å². The van der Waals surface area contributed by atoms with Crippen molar-refractivity contribution in [1.29, 1.82) is 0 Å². The fourth-order valence-electron chi connectivity index (χ4n) is 6.62. The Hall–Kier alpha value is -4.90. The molecule has 0 aliphatic carbocycles. The molecule has 0 aliphatic heterocycles. The highest BCUT2D eigenvalue weighted by Gasteiger charge is 2.17. The molecule has 4 heteroatoms. The summed E-state index contributed by atoms with van der Waals surface area (Å²) >= 11 is 1.85. The third-order valence-electron chi connectivity index (χ3n) is 8.43. The molecule has 3 nitrogen and oxygen atoms in total. The number of benzene rings is 6. The minimum Gasteiger partial charge on any atom is -0.456 e. The molecule has 41 heavy (non-hydrogen) atoms. The summed E-state index contributed by atoms with van der Waals surface area (Å²) in [5.41, 5.74) is 15.0. The first-order valence-corrected chi connectivity index (χ1v) is 14.7. The van der Waals surface area contributed by atoms with Crippen LogP contribution in [0.1, 0.15) is 5.56 Å². The highest BCUT2D eigenvalue weighted by molar-refractivity contribution is 7.25. The number of thiophene rings is 1. The van der Waals surface area contributed by atoms with Crippen LogP contribution in [-0.4, -0.2) is 4.57 Å². The van der Waals surface area contributed by atoms with Gasteiger partial charge in [-0.25, -0.2) is 0 Å². The number of aromatic nitrogens is 1. The first-order chi connectivity index (χ1) is 20.3. The van der Waals surface area contributed by atoms with Gasteiger partial charge < -0.3 is 14.7 Å². The van der Waals surface area contributed by atoms with E-state index in [9.17, 15) is 0 Å². The number of rotatable bonds is 3. The van der Waals surface area contributed by atoms with Crippen molar-refractivity contribution in [3.8, 4) is 16.8 Å². The first kappa shape index (κ1) is 22.9. The number of nitrogens with two attached hydrogens (primary N) is 1. The molecule has 0 spiro atoms. The van der Waals surface area contributed by atoms with Crippen molar-refractivity contribution < 1.29 is 4.42 Å². The Morgan fingerprint density at radius 3 is 2.10 bits per heavy atom. The molecule has 3 heterocycles. The Bertz CT molecular complexity index is 2420. The summed E-state index contributed by atoms with van der Waals surface area (Å²) in [7, 11) is 0. The van der Waals surface area contributed by atoms with Gasteiger partial charge in [-0.2, -0.15) is 0 Å². The van der Waals surface area contributed by atoms with Crippen LogP contribution in [0.25, 0.3) is 80.7 Å². The van der Waals surface area contributed by atoms with E-state index in [-0.39, 0.29) is 0 Å². The zero-order chi connectivity index (χ0) is 27.1. The van der Waals surface area contributed by atoms with Gasteiger partial charge in [-0.15, -0.1) is 11.3 Å². The molecule has 0 saturated heterocycles. The molecule has 194 valence electrons. The van der Waals surface area contributed by atoms with Gasteiger partial charge in [0.2, 0.25) is 0 Å². The van der Waals surface area contributed by atoms with Crippen molar-refractivity contribution in [2.75, 3.05) is 0 Å². The van der Waals surface area contributed by atoms with Gasteiger partial charge in [0.1, 0.15) is 11.2 Å². The van der Waals surface area contributed by atoms with Gasteiger partial charge in [-0.1, -0.05) is 72.8 Å². The van der Waals surface area contributed by atoms with Gasteiger partial charge in [0.05, 0.1) is 11.0 Å². The number of fused-ring (bicyclic) bond motifs is 9. The highest BCUT2D eigenvalue weighted by atomic mass is 32.1. The largest absolute Gasteiger partial charge is 0.456 e. The van der Waals surface area contributed by atoms with E-state index in [4.69, 9.17) is 10.2 Å². The van der Waals surface area contributed by atoms with Gasteiger partial charge in [-0.3, -0.25) is 0 Å². The monoisotopic (exact) mass is 544 g/mol. The maximum Gasteiger partial charge on any atom is 0.136 e. The van der Waals surface area contributed by atoms with Gasteiger partial charge in [0, 0.05) is 53.9 Å². The zero-order valence-corrected chi connectivity index (χ0v) is 22.9. The predicted octanol–water partition coefficient (Wildman–Crippen LogP) is 10.2. The first-order valence-electron chi connectivity index (χ1n) is 13.9. The molecule has 9 aromatic rings. The summed E-state index contributed by atoms with van der Waals surface area (Å²) < 4.78 is 11.2. The number of furan rings is 1. The Balaban J connectivity index is 1.25. The topological polar surface area (TPSA) is 44.1 Å². The summed E-state index contributed by atoms with van der Waals surface area (Å²) in [5, 5.41) is 7.38. The molecule has 0 amide bonds. The number of para-hydroxylation sites is 2. The quantitative estimate of drug-likeness (QED) is 0.240. The van der Waals surface area contributed by atoms with E-state index in [1.165, 1.54) is 58.8 Å². The van der Waals surface area contributed by atoms with Crippen LogP contribution in [0.4, 0.5) is 0 Å². The fourth-order valence-corrected chi connectivity index (χ4v) is 7.75. The third kappa shape index (κ3) is 3.23. The van der Waals surface area contributed by atoms with E-state index in [2.05, 4.69) is 108 Å². The minimum absolute atomic E-state index is 0.476. The lowest BCUT2D eigenvalue weighted by molar-refractivity contribution is 0.668. The number of hydrogen-bond acceptors (Lipinski definition) is 3. The standard InChI is InChI=1S/C37H24N2OS/c38-21-23-7-5-13-32-36(23)37-25(10-6-14-33(37)40-32)22-15-17-28-29-20-24(16-18-34(29)41-35(28)19-22)39-30-11-3-1-8-26(30)27-9-2-4-12-31(27)39/h1-20H,21,38H2. The Morgan fingerprint density at radius 1 is 0.585 bits per heavy atom. The van der Waals surface area contributed by atoms with Crippen molar-refractivity contribution >= 4 is 75.3 Å². The molecule has 0 radical (unpaired) electrons. The van der Waals surface area contributed by atoms with Crippen LogP contribution in [0.5, 0.6) is 0 Å². The predicted molar refractivity (Wildman–Crippen MR) is 174 cm³/mol. The normalized spacial score (nSPS) is 12.1. The second kappa shape index (κ2) is 8.55. The summed E-state index contributed by atoms with van der Waals surface area (Å²) in [6, 6.07) is 43.6. The summed E-state index contributed by atoms with van der Waals surface area (Å²) in [4.78, 5) is 0. The van der Waals surface area contributed by atoms with Crippen molar-refractivity contribution in [3.63, 3.8) is 0 Å². The van der Waals surface area contributed by atoms with Crippen molar-refractivity contribution in [2.24, 2.45) is 5.73 Å². The van der Waals surface area contributed by atoms with Gasteiger partial charge in [-0.05, 0) is 65.2 Å². The molecule has 0 unspecified atom stereocenters. The second-order valence-corrected chi connectivity index (χ2v) is 11.7. The van der Waals surface area contributed by atoms with Crippen LogP contribution in [0.3, 0.4) is 0 Å². The molecular formula is C37H24N2OS. The van der Waals surface area contributed by atoms with Crippen LogP contribution < -0.4 is 5.73 Å². The van der Waals surface area contributed by atoms with E-state index in [1.54, 1.807) is 0 Å². The third-order valence-corrected chi connectivity index (χ3v) is 9.57. The van der Waals surface area contributed by atoms with Crippen LogP contribution in [-0.2, 0) is 6.54 Å². The van der Waals surface area contributed by atoms with E-state index >= 15 is 0 Å². The molecule has 0 bridgehead atoms. The minimum atomic E-state index is 0.476. The van der Waals surface area contributed by atoms with Crippen molar-refractivity contribution in [3.05, 3.63) is 127 Å². The van der Waals surface area contributed by atoms with Gasteiger partial charge >= 0.3 is 0 Å². The molecule has 0 fully saturated rings. The van der Waals surface area contributed by atoms with Crippen LogP contribution in [0, 0.1) is 0 Å². The Labute approximate surface area is 239 Å². The number of hydrogen-bond donors (Lipinski definition) is 1. The molecule has 9 rings (SSSR count). The van der Waals surface area contributed by atoms with E-state index < -0.39 is 0 Å². The Kier molecular flexibility index (Phi) is 4.77.